The fourth-order valence-electron chi connectivity index (χ4n) is 2.93. The number of rotatable bonds is 9. The van der Waals surface area contributed by atoms with Gasteiger partial charge in [0, 0.05) is 26.2 Å². The van der Waals surface area contributed by atoms with E-state index >= 15 is 0 Å². The first kappa shape index (κ1) is 24.6. The predicted molar refractivity (Wildman–Crippen MR) is 123 cm³/mol. The Morgan fingerprint density at radius 1 is 1.03 bits per heavy atom. The predicted octanol–water partition coefficient (Wildman–Crippen LogP) is 4.35. The molecule has 0 bridgehead atoms. The Balaban J connectivity index is 1.90. The monoisotopic (exact) mass is 499 g/mol. The fourth-order valence-corrected chi connectivity index (χ4v) is 4.30. The van der Waals surface area contributed by atoms with Gasteiger partial charge in [-0.1, -0.05) is 11.6 Å². The number of hydrogen-bond donors (Lipinski definition) is 3. The van der Waals surface area contributed by atoms with Crippen molar-refractivity contribution in [2.75, 3.05) is 42.1 Å². The van der Waals surface area contributed by atoms with Crippen LogP contribution in [0.2, 0.25) is 5.02 Å². The lowest BCUT2D eigenvalue weighted by Crippen LogP contribution is -2.27. The molecule has 3 aromatic rings. The van der Waals surface area contributed by atoms with Gasteiger partial charge in [0.1, 0.15) is 28.2 Å². The van der Waals surface area contributed by atoms with Gasteiger partial charge in [0.2, 0.25) is 0 Å². The van der Waals surface area contributed by atoms with Gasteiger partial charge in [-0.15, -0.1) is 0 Å². The summed E-state index contributed by atoms with van der Waals surface area (Å²) in [5.74, 6) is -2.37. The molecule has 1 aromatic heterocycles. The molecule has 0 atom stereocenters. The number of pyridine rings is 1. The summed E-state index contributed by atoms with van der Waals surface area (Å²) in [7, 11) is -0.836. The highest BCUT2D eigenvalue weighted by Gasteiger charge is 2.23. The van der Waals surface area contributed by atoms with Crippen LogP contribution in [0.3, 0.4) is 0 Å². The van der Waals surface area contributed by atoms with Crippen molar-refractivity contribution in [1.29, 1.82) is 0 Å². The maximum absolute atomic E-state index is 14.8. The molecule has 3 rings (SSSR count). The van der Waals surface area contributed by atoms with Crippen LogP contribution in [0.25, 0.3) is 0 Å². The first-order valence-electron chi connectivity index (χ1n) is 9.66. The van der Waals surface area contributed by atoms with Crippen LogP contribution < -0.4 is 20.3 Å². The number of aromatic nitrogens is 1. The van der Waals surface area contributed by atoms with E-state index in [0.717, 1.165) is 30.5 Å². The molecule has 2 aromatic carbocycles. The summed E-state index contributed by atoms with van der Waals surface area (Å²) in [5, 5.41) is 5.84. The van der Waals surface area contributed by atoms with Gasteiger partial charge in [-0.25, -0.2) is 26.6 Å². The third kappa shape index (κ3) is 6.06. The van der Waals surface area contributed by atoms with Crippen molar-refractivity contribution < 1.29 is 21.6 Å². The Kier molecular flexibility index (Phi) is 7.67. The molecule has 3 N–H and O–H groups in total. The summed E-state index contributed by atoms with van der Waals surface area (Å²) in [4.78, 5) is 4.68. The van der Waals surface area contributed by atoms with E-state index in [2.05, 4.69) is 20.3 Å². The van der Waals surface area contributed by atoms with E-state index in [1.807, 2.05) is 0 Å². The van der Waals surface area contributed by atoms with Crippen molar-refractivity contribution in [2.24, 2.45) is 0 Å². The van der Waals surface area contributed by atoms with Crippen molar-refractivity contribution in [3.63, 3.8) is 0 Å². The second-order valence-corrected chi connectivity index (χ2v) is 9.10. The number of nitrogens with zero attached hydrogens (tertiary/aromatic N) is 2. The van der Waals surface area contributed by atoms with E-state index in [0.29, 0.717) is 24.5 Å². The van der Waals surface area contributed by atoms with Crippen LogP contribution in [-0.2, 0) is 10.0 Å². The Labute approximate surface area is 194 Å². The summed E-state index contributed by atoms with van der Waals surface area (Å²) in [6.45, 7) is 1.21. The third-order valence-electron chi connectivity index (χ3n) is 4.61. The summed E-state index contributed by atoms with van der Waals surface area (Å²) in [5.41, 5.74) is 1.03. The lowest BCUT2D eigenvalue weighted by Gasteiger charge is -2.23. The van der Waals surface area contributed by atoms with E-state index in [9.17, 15) is 21.6 Å². The lowest BCUT2D eigenvalue weighted by molar-refractivity contribution is 0.570. The van der Waals surface area contributed by atoms with Crippen LogP contribution in [0, 0.1) is 17.5 Å². The third-order valence-corrected chi connectivity index (χ3v) is 6.30. The molecule has 0 unspecified atom stereocenters. The molecular weight excluding hydrogens is 479 g/mol. The summed E-state index contributed by atoms with van der Waals surface area (Å²) >= 11 is 6.24. The van der Waals surface area contributed by atoms with E-state index in [1.165, 1.54) is 18.2 Å². The maximum atomic E-state index is 14.8. The van der Waals surface area contributed by atoms with Crippen LogP contribution in [-0.4, -0.2) is 40.6 Å². The van der Waals surface area contributed by atoms with Crippen LogP contribution in [0.4, 0.5) is 36.1 Å². The Bertz CT molecular complexity index is 1240. The Morgan fingerprint density at radius 2 is 1.76 bits per heavy atom. The molecule has 7 nitrogen and oxygen atoms in total. The number of halogens is 4. The average Bonchev–Trinajstić information content (AvgIpc) is 2.76. The molecule has 1 heterocycles. The number of anilines is 4. The zero-order valence-electron chi connectivity index (χ0n) is 17.7. The standard InChI is InChI=1S/C21H21ClF3N5O2S/c1-26-7-8-30(2)19-9-13(23)3-5-17(19)28-18-11-16(25)20(10-15(18)22)33(31,32)29-21-6-4-14(24)12-27-21/h3-6,9-12,26,28H,7-8H2,1-2H3,(H,27,29). The highest BCUT2D eigenvalue weighted by atomic mass is 35.5. The molecule has 0 radical (unpaired) electrons. The van der Waals surface area contributed by atoms with Crippen LogP contribution in [0.5, 0.6) is 0 Å². The normalized spacial score (nSPS) is 11.3. The van der Waals surface area contributed by atoms with E-state index in [-0.39, 0.29) is 16.5 Å². The highest BCUT2D eigenvalue weighted by Crippen LogP contribution is 2.34. The first-order chi connectivity index (χ1) is 15.6. The van der Waals surface area contributed by atoms with E-state index in [1.54, 1.807) is 19.0 Å². The molecule has 0 aliphatic rings. The van der Waals surface area contributed by atoms with Crippen molar-refractivity contribution in [3.8, 4) is 0 Å². The van der Waals surface area contributed by atoms with Crippen LogP contribution in [0.1, 0.15) is 0 Å². The molecule has 176 valence electrons. The minimum atomic E-state index is -4.39. The van der Waals surface area contributed by atoms with Gasteiger partial charge in [-0.3, -0.25) is 4.72 Å². The summed E-state index contributed by atoms with van der Waals surface area (Å²) < 4.78 is 68.9. The van der Waals surface area contributed by atoms with Gasteiger partial charge in [0.15, 0.2) is 0 Å². The molecule has 33 heavy (non-hydrogen) atoms. The number of benzene rings is 2. The van der Waals surface area contributed by atoms with E-state index in [4.69, 9.17) is 11.6 Å². The molecule has 0 aliphatic carbocycles. The van der Waals surface area contributed by atoms with Crippen molar-refractivity contribution in [1.82, 2.24) is 10.3 Å². The molecule has 0 fully saturated rings. The van der Waals surface area contributed by atoms with Crippen LogP contribution in [0.15, 0.2) is 53.6 Å². The zero-order chi connectivity index (χ0) is 24.2. The lowest BCUT2D eigenvalue weighted by atomic mass is 10.2. The van der Waals surface area contributed by atoms with Gasteiger partial charge in [0.25, 0.3) is 10.0 Å². The number of sulfonamides is 1. The highest BCUT2D eigenvalue weighted by molar-refractivity contribution is 7.92. The quantitative estimate of drug-likeness (QED) is 0.406. The van der Waals surface area contributed by atoms with Gasteiger partial charge >= 0.3 is 0 Å². The molecule has 0 amide bonds. The molecule has 0 saturated carbocycles. The van der Waals surface area contributed by atoms with Crippen molar-refractivity contribution in [2.45, 2.75) is 4.90 Å². The Morgan fingerprint density at radius 3 is 2.42 bits per heavy atom. The van der Waals surface area contributed by atoms with Gasteiger partial charge in [-0.05, 0) is 43.4 Å². The molecular formula is C21H21ClF3N5O2S. The second-order valence-electron chi connectivity index (χ2n) is 7.04. The summed E-state index contributed by atoms with van der Waals surface area (Å²) in [6.07, 6.45) is 0.822. The SMILES string of the molecule is CNCCN(C)c1cc(F)ccc1Nc1cc(F)c(S(=O)(=O)Nc2ccc(F)cn2)cc1Cl. The zero-order valence-corrected chi connectivity index (χ0v) is 19.2. The minimum Gasteiger partial charge on any atom is -0.372 e. The largest absolute Gasteiger partial charge is 0.372 e. The van der Waals surface area contributed by atoms with E-state index < -0.39 is 32.4 Å². The number of hydrogen-bond acceptors (Lipinski definition) is 6. The maximum Gasteiger partial charge on any atom is 0.266 e. The minimum absolute atomic E-state index is 0.0860. The fraction of sp³-hybridized carbons (Fsp3) is 0.190. The van der Waals surface area contributed by atoms with Crippen molar-refractivity contribution >= 4 is 44.5 Å². The second kappa shape index (κ2) is 10.3. The van der Waals surface area contributed by atoms with Crippen LogP contribution >= 0.6 is 11.6 Å². The topological polar surface area (TPSA) is 86.4 Å². The number of nitrogens with one attached hydrogen (secondary N) is 3. The Hall–Kier alpha value is -3.02. The van der Waals surface area contributed by atoms with Gasteiger partial charge < -0.3 is 15.5 Å². The molecule has 0 spiro atoms. The molecule has 12 heteroatoms. The molecule has 0 saturated heterocycles. The molecule has 0 aliphatic heterocycles. The van der Waals surface area contributed by atoms with Gasteiger partial charge in [-0.2, -0.15) is 0 Å². The first-order valence-corrected chi connectivity index (χ1v) is 11.5. The average molecular weight is 500 g/mol. The smallest absolute Gasteiger partial charge is 0.266 e. The summed E-state index contributed by atoms with van der Waals surface area (Å²) in [6, 6.07) is 8.01. The van der Waals surface area contributed by atoms with Crippen molar-refractivity contribution in [3.05, 3.63) is 71.1 Å². The number of likely N-dealkylation sites (N-methyl/N-ethyl adjacent to an activating group) is 2. The van der Waals surface area contributed by atoms with Gasteiger partial charge in [0.05, 0.1) is 28.3 Å².